The summed E-state index contributed by atoms with van der Waals surface area (Å²) in [6.45, 7) is 15.8. The van der Waals surface area contributed by atoms with Gasteiger partial charge in [0.25, 0.3) is 0 Å². The van der Waals surface area contributed by atoms with Crippen LogP contribution < -0.4 is 0 Å². The smallest absolute Gasteiger partial charge is 0.216 e. The van der Waals surface area contributed by atoms with Crippen molar-refractivity contribution in [2.75, 3.05) is 0 Å². The number of allylic oxidation sites excluding steroid dienone is 2. The molecule has 5 rings (SSSR count). The minimum Gasteiger partial charge on any atom is -0.512 e. The Morgan fingerprint density at radius 3 is 2.36 bits per heavy atom. The summed E-state index contributed by atoms with van der Waals surface area (Å²) in [5.41, 5.74) is 3.22. The van der Waals surface area contributed by atoms with Gasteiger partial charge in [0.2, 0.25) is 5.71 Å². The molecule has 0 amide bonds. The second-order valence-corrected chi connectivity index (χ2v) is 13.1. The second-order valence-electron chi connectivity index (χ2n) is 12.1. The van der Waals surface area contributed by atoms with Crippen molar-refractivity contribution in [2.45, 2.75) is 87.4 Å². The van der Waals surface area contributed by atoms with E-state index in [-0.39, 0.29) is 43.5 Å². The summed E-state index contributed by atoms with van der Waals surface area (Å²) in [5, 5.41) is 12.6. The summed E-state index contributed by atoms with van der Waals surface area (Å²) in [4.78, 5) is 21.6. The fraction of sp³-hybridized carbons (Fsp3) is 0.432. The molecule has 5 aromatic rings. The molecule has 4 aromatic heterocycles. The van der Waals surface area contributed by atoms with Gasteiger partial charge in [0.15, 0.2) is 5.78 Å². The van der Waals surface area contributed by atoms with E-state index in [1.807, 2.05) is 91.8 Å². The molecule has 4 heterocycles. The molecular formula is C37H45IrN2O3S-. The van der Waals surface area contributed by atoms with E-state index in [9.17, 15) is 9.90 Å². The number of carbonyl (C=O) groups is 1. The number of thiophene rings is 1. The molecule has 7 heteroatoms. The molecular weight excluding hydrogens is 745 g/mol. The van der Waals surface area contributed by atoms with Gasteiger partial charge in [-0.05, 0) is 74.0 Å². The Morgan fingerprint density at radius 1 is 1.05 bits per heavy atom. The normalized spacial score (nSPS) is 13.2. The largest absolute Gasteiger partial charge is 0.512 e. The maximum atomic E-state index is 11.7. The van der Waals surface area contributed by atoms with E-state index in [0.717, 1.165) is 63.5 Å². The Hall–Kier alpha value is -2.86. The van der Waals surface area contributed by atoms with Crippen LogP contribution in [0.4, 0.5) is 0 Å². The third kappa shape index (κ3) is 8.24. The van der Waals surface area contributed by atoms with Gasteiger partial charge in [-0.2, -0.15) is 0 Å². The molecule has 0 bridgehead atoms. The molecule has 1 N–H and O–H groups in total. The standard InChI is InChI=1S/C24H21N2OS.C13H24O2.Ir/c1-14-8-9-17-16-6-5-7-18(22(16)27-23(17)26-14)21-19-12-15(13-24(2,3)4)28-20(19)10-11-25-21;1-5-10(6-2)12(14)9-13(15)11(7-3)8-4;/h5-6,8-12H,13H2,1-4H3;9-11,14H,5-8H2,1-4H3;/q-1;;/b;12-9-;/i13D2;;. The van der Waals surface area contributed by atoms with Crippen molar-refractivity contribution in [3.05, 3.63) is 71.1 Å². The van der Waals surface area contributed by atoms with Crippen LogP contribution in [0.25, 0.3) is 43.4 Å². The Morgan fingerprint density at radius 2 is 1.73 bits per heavy atom. The van der Waals surface area contributed by atoms with E-state index in [4.69, 9.17) is 7.16 Å². The fourth-order valence-electron chi connectivity index (χ4n) is 5.26. The molecule has 0 aliphatic heterocycles. The molecule has 0 fully saturated rings. The van der Waals surface area contributed by atoms with Crippen LogP contribution in [0.15, 0.2) is 58.8 Å². The van der Waals surface area contributed by atoms with Crippen molar-refractivity contribution in [2.24, 2.45) is 17.3 Å². The molecule has 237 valence electrons. The van der Waals surface area contributed by atoms with Gasteiger partial charge < -0.3 is 14.5 Å². The van der Waals surface area contributed by atoms with E-state index in [2.05, 4.69) is 16.0 Å². The third-order valence-corrected chi connectivity index (χ3v) is 8.72. The van der Waals surface area contributed by atoms with Gasteiger partial charge in [-0.15, -0.1) is 29.5 Å². The molecule has 0 aliphatic rings. The molecule has 5 nitrogen and oxygen atoms in total. The number of aromatic nitrogens is 2. The van der Waals surface area contributed by atoms with Gasteiger partial charge in [-0.1, -0.05) is 59.4 Å². The van der Waals surface area contributed by atoms with Gasteiger partial charge in [0.1, 0.15) is 0 Å². The maximum Gasteiger partial charge on any atom is 0.216 e. The number of pyridine rings is 2. The van der Waals surface area contributed by atoms with Crippen molar-refractivity contribution < 1.29 is 37.2 Å². The first kappa shape index (κ1) is 32.5. The Balaban J connectivity index is 0.000000309. The molecule has 1 radical (unpaired) electrons. The monoisotopic (exact) mass is 792 g/mol. The van der Waals surface area contributed by atoms with Gasteiger partial charge in [0.05, 0.1) is 11.3 Å². The number of hydrogen-bond acceptors (Lipinski definition) is 6. The van der Waals surface area contributed by atoms with Crippen molar-refractivity contribution >= 4 is 49.3 Å². The first-order valence-corrected chi connectivity index (χ1v) is 16.1. The predicted octanol–water partition coefficient (Wildman–Crippen LogP) is 10.8. The number of benzene rings is 1. The van der Waals surface area contributed by atoms with Gasteiger partial charge in [0, 0.05) is 73.3 Å². The fourth-order valence-corrected chi connectivity index (χ4v) is 6.43. The van der Waals surface area contributed by atoms with E-state index < -0.39 is 11.8 Å². The van der Waals surface area contributed by atoms with Crippen LogP contribution in [0, 0.1) is 30.2 Å². The minimum absolute atomic E-state index is 0. The van der Waals surface area contributed by atoms with Crippen LogP contribution in [-0.4, -0.2) is 20.9 Å². The summed E-state index contributed by atoms with van der Waals surface area (Å²) >= 11 is 1.48. The van der Waals surface area contributed by atoms with Crippen LogP contribution in [-0.2, 0) is 31.3 Å². The molecule has 0 aliphatic carbocycles. The number of ketones is 1. The Bertz CT molecular complexity index is 1830. The van der Waals surface area contributed by atoms with Crippen molar-refractivity contribution in [3.8, 4) is 11.3 Å². The summed E-state index contributed by atoms with van der Waals surface area (Å²) in [6.07, 6.45) is 5.22. The minimum atomic E-state index is -1.45. The molecule has 0 unspecified atom stereocenters. The van der Waals surface area contributed by atoms with Gasteiger partial charge in [-0.25, -0.2) is 4.98 Å². The Kier molecular flexibility index (Phi) is 11.4. The number of nitrogens with zero attached hydrogens (tertiary/aromatic N) is 2. The molecule has 0 saturated carbocycles. The number of hydrogen-bond donors (Lipinski definition) is 1. The average Bonchev–Trinajstić information content (AvgIpc) is 3.60. The first-order valence-electron chi connectivity index (χ1n) is 16.3. The molecule has 0 saturated heterocycles. The number of rotatable bonds is 9. The van der Waals surface area contributed by atoms with E-state index in [0.29, 0.717) is 16.2 Å². The molecule has 0 spiro atoms. The van der Waals surface area contributed by atoms with E-state index in [1.165, 1.54) is 17.4 Å². The van der Waals surface area contributed by atoms with Crippen LogP contribution >= 0.6 is 11.3 Å². The SMILES string of the molecule is CCC(CC)C(=O)/C=C(\O)C(CC)CC.[2H]C([2H])(c1cc2c(-c3[c-]ccc4c3oc3nc(C)ccc34)nccc2s1)C(C)(C)C.[Ir]. The topological polar surface area (TPSA) is 76.2 Å². The maximum absolute atomic E-state index is 11.7. The quantitative estimate of drug-likeness (QED) is 0.0914. The van der Waals surface area contributed by atoms with E-state index >= 15 is 0 Å². The zero-order valence-electron chi connectivity index (χ0n) is 29.0. The van der Waals surface area contributed by atoms with Crippen LogP contribution in [0.1, 0.15) is 87.5 Å². The molecule has 1 aromatic carbocycles. The van der Waals surface area contributed by atoms with Crippen LogP contribution in [0.2, 0.25) is 0 Å². The van der Waals surface area contributed by atoms with E-state index in [1.54, 1.807) is 6.20 Å². The Labute approximate surface area is 282 Å². The number of fused-ring (bicyclic) bond motifs is 4. The van der Waals surface area contributed by atoms with Crippen molar-refractivity contribution in [1.29, 1.82) is 0 Å². The first-order chi connectivity index (χ1) is 21.3. The number of aryl methyl sites for hydroxylation is 1. The van der Waals surface area contributed by atoms with Gasteiger partial charge >= 0.3 is 0 Å². The average molecular weight is 792 g/mol. The van der Waals surface area contributed by atoms with Gasteiger partial charge in [-0.3, -0.25) is 4.79 Å². The summed E-state index contributed by atoms with van der Waals surface area (Å²) in [6, 6.07) is 15.1. The van der Waals surface area contributed by atoms with Crippen LogP contribution in [0.3, 0.4) is 0 Å². The number of aliphatic hydroxyl groups is 1. The number of carbonyl (C=O) groups excluding carboxylic acids is 1. The zero-order chi connectivity index (χ0) is 33.1. The molecule has 0 atom stereocenters. The molecule has 44 heavy (non-hydrogen) atoms. The summed E-state index contributed by atoms with van der Waals surface area (Å²) in [5.74, 6) is 0.547. The number of aliphatic hydroxyl groups excluding tert-OH is 1. The zero-order valence-corrected chi connectivity index (χ0v) is 30.2. The predicted molar refractivity (Wildman–Crippen MR) is 181 cm³/mol. The van der Waals surface area contributed by atoms with Crippen molar-refractivity contribution in [3.63, 3.8) is 0 Å². The van der Waals surface area contributed by atoms with Crippen LogP contribution in [0.5, 0.6) is 0 Å². The third-order valence-electron chi connectivity index (χ3n) is 7.70. The van der Waals surface area contributed by atoms with Crippen molar-refractivity contribution in [1.82, 2.24) is 9.97 Å². The number of furan rings is 1. The summed E-state index contributed by atoms with van der Waals surface area (Å²) in [7, 11) is 0. The second kappa shape index (κ2) is 15.4. The summed E-state index contributed by atoms with van der Waals surface area (Å²) < 4.78 is 24.5.